The van der Waals surface area contributed by atoms with Gasteiger partial charge in [0.15, 0.2) is 11.6 Å². The molecule has 0 atom stereocenters. The molecule has 2 heterocycles. The highest BCUT2D eigenvalue weighted by atomic mass is 79.9. The first-order chi connectivity index (χ1) is 9.06. The molecule has 1 N–H and O–H groups in total. The van der Waals surface area contributed by atoms with Gasteiger partial charge < -0.3 is 4.98 Å². The van der Waals surface area contributed by atoms with Crippen molar-refractivity contribution in [1.29, 1.82) is 0 Å². The lowest BCUT2D eigenvalue weighted by molar-refractivity contribution is 0.509. The zero-order valence-electron chi connectivity index (χ0n) is 9.84. The van der Waals surface area contributed by atoms with Gasteiger partial charge in [0.2, 0.25) is 0 Å². The average Bonchev–Trinajstić information content (AvgIpc) is 2.73. The molecule has 0 amide bonds. The van der Waals surface area contributed by atoms with E-state index in [2.05, 4.69) is 30.9 Å². The van der Waals surface area contributed by atoms with Crippen molar-refractivity contribution in [3.63, 3.8) is 0 Å². The highest BCUT2D eigenvalue weighted by Gasteiger charge is 2.14. The maximum atomic E-state index is 13.4. The molecule has 0 bridgehead atoms. The molecule has 3 rings (SSSR count). The predicted molar refractivity (Wildman–Crippen MR) is 71.7 cm³/mol. The topological polar surface area (TPSA) is 41.6 Å². The lowest BCUT2D eigenvalue weighted by Gasteiger charge is -2.05. The molecule has 0 fully saturated rings. The Morgan fingerprint density at radius 1 is 1.16 bits per heavy atom. The molecule has 2 aromatic heterocycles. The summed E-state index contributed by atoms with van der Waals surface area (Å²) in [7, 11) is 0. The molecule has 19 heavy (non-hydrogen) atoms. The van der Waals surface area contributed by atoms with Gasteiger partial charge in [-0.2, -0.15) is 0 Å². The van der Waals surface area contributed by atoms with Crippen molar-refractivity contribution in [1.82, 2.24) is 15.0 Å². The van der Waals surface area contributed by atoms with Crippen molar-refractivity contribution in [2.75, 3.05) is 0 Å². The standard InChI is InChI=1S/C13H8BrF2N3/c1-6-18-12(7-2-3-9(15)10(16)4-7)11-8(14)5-17-13(11)19-6/h2-5H,1H3,(H,17,18,19). The van der Waals surface area contributed by atoms with E-state index in [9.17, 15) is 8.78 Å². The van der Waals surface area contributed by atoms with Gasteiger partial charge in [0, 0.05) is 16.2 Å². The maximum absolute atomic E-state index is 13.4. The van der Waals surface area contributed by atoms with Crippen LogP contribution in [-0.4, -0.2) is 15.0 Å². The fourth-order valence-corrected chi connectivity index (χ4v) is 2.45. The minimum atomic E-state index is -0.895. The minimum Gasteiger partial charge on any atom is -0.345 e. The molecule has 96 valence electrons. The number of aryl methyl sites for hydroxylation is 1. The summed E-state index contributed by atoms with van der Waals surface area (Å²) < 4.78 is 27.1. The quantitative estimate of drug-likeness (QED) is 0.736. The zero-order valence-corrected chi connectivity index (χ0v) is 11.4. The van der Waals surface area contributed by atoms with Gasteiger partial charge in [0.1, 0.15) is 11.5 Å². The Labute approximate surface area is 115 Å². The number of hydrogen-bond donors (Lipinski definition) is 1. The van der Waals surface area contributed by atoms with Crippen LogP contribution >= 0.6 is 15.9 Å². The first-order valence-electron chi connectivity index (χ1n) is 5.53. The molecule has 0 aliphatic carbocycles. The van der Waals surface area contributed by atoms with Gasteiger partial charge in [-0.25, -0.2) is 18.7 Å². The van der Waals surface area contributed by atoms with Gasteiger partial charge in [0.05, 0.1) is 11.1 Å². The third-order valence-corrected chi connectivity index (χ3v) is 3.41. The number of fused-ring (bicyclic) bond motifs is 1. The van der Waals surface area contributed by atoms with Gasteiger partial charge in [0.25, 0.3) is 0 Å². The van der Waals surface area contributed by atoms with Crippen LogP contribution in [0.2, 0.25) is 0 Å². The Bertz CT molecular complexity index is 783. The molecule has 0 aliphatic rings. The van der Waals surface area contributed by atoms with Crippen LogP contribution in [0.5, 0.6) is 0 Å². The summed E-state index contributed by atoms with van der Waals surface area (Å²) >= 11 is 3.39. The summed E-state index contributed by atoms with van der Waals surface area (Å²) in [5.41, 5.74) is 1.73. The monoisotopic (exact) mass is 323 g/mol. The summed E-state index contributed by atoms with van der Waals surface area (Å²) in [6.45, 7) is 1.75. The summed E-state index contributed by atoms with van der Waals surface area (Å²) in [5, 5.41) is 0.747. The second kappa shape index (κ2) is 4.38. The van der Waals surface area contributed by atoms with E-state index >= 15 is 0 Å². The molecule has 0 radical (unpaired) electrons. The molecule has 3 aromatic rings. The van der Waals surface area contributed by atoms with Crippen LogP contribution in [0.15, 0.2) is 28.9 Å². The van der Waals surface area contributed by atoms with Crippen LogP contribution in [0.25, 0.3) is 22.3 Å². The third-order valence-electron chi connectivity index (χ3n) is 2.79. The van der Waals surface area contributed by atoms with E-state index in [4.69, 9.17) is 0 Å². The molecule has 0 saturated heterocycles. The van der Waals surface area contributed by atoms with Crippen LogP contribution in [0.1, 0.15) is 5.82 Å². The normalized spacial score (nSPS) is 11.2. The Morgan fingerprint density at radius 2 is 1.95 bits per heavy atom. The largest absolute Gasteiger partial charge is 0.345 e. The van der Waals surface area contributed by atoms with E-state index in [1.54, 1.807) is 13.1 Å². The fourth-order valence-electron chi connectivity index (χ4n) is 1.96. The van der Waals surface area contributed by atoms with Crippen LogP contribution in [0.4, 0.5) is 8.78 Å². The van der Waals surface area contributed by atoms with Crippen molar-refractivity contribution >= 4 is 27.0 Å². The van der Waals surface area contributed by atoms with Crippen LogP contribution in [0, 0.1) is 18.6 Å². The predicted octanol–water partition coefficient (Wildman–Crippen LogP) is 3.97. The highest BCUT2D eigenvalue weighted by Crippen LogP contribution is 2.32. The fraction of sp³-hybridized carbons (Fsp3) is 0.0769. The first-order valence-corrected chi connectivity index (χ1v) is 6.32. The van der Waals surface area contributed by atoms with Gasteiger partial charge in [-0.15, -0.1) is 0 Å². The molecular formula is C13H8BrF2N3. The smallest absolute Gasteiger partial charge is 0.159 e. The maximum Gasteiger partial charge on any atom is 0.159 e. The molecule has 0 unspecified atom stereocenters. The number of H-pyrrole nitrogens is 1. The lowest BCUT2D eigenvalue weighted by atomic mass is 10.1. The average molecular weight is 324 g/mol. The zero-order chi connectivity index (χ0) is 13.6. The summed E-state index contributed by atoms with van der Waals surface area (Å²) in [5.74, 6) is -1.21. The number of nitrogens with zero attached hydrogens (tertiary/aromatic N) is 2. The van der Waals surface area contributed by atoms with Crippen molar-refractivity contribution in [2.24, 2.45) is 0 Å². The van der Waals surface area contributed by atoms with Crippen molar-refractivity contribution in [2.45, 2.75) is 6.92 Å². The van der Waals surface area contributed by atoms with E-state index < -0.39 is 11.6 Å². The Kier molecular flexibility index (Phi) is 2.82. The van der Waals surface area contributed by atoms with Crippen molar-refractivity contribution in [3.8, 4) is 11.3 Å². The Morgan fingerprint density at radius 3 is 2.68 bits per heavy atom. The first kappa shape index (κ1) is 12.2. The van der Waals surface area contributed by atoms with Crippen LogP contribution in [-0.2, 0) is 0 Å². The van der Waals surface area contributed by atoms with Gasteiger partial charge in [-0.1, -0.05) is 0 Å². The van der Waals surface area contributed by atoms with Crippen molar-refractivity contribution in [3.05, 3.63) is 46.3 Å². The molecule has 3 nitrogen and oxygen atoms in total. The SMILES string of the molecule is Cc1nc(-c2ccc(F)c(F)c2)c2c(Br)c[nH]c2n1. The third kappa shape index (κ3) is 2.02. The number of nitrogens with one attached hydrogen (secondary N) is 1. The van der Waals surface area contributed by atoms with E-state index in [1.807, 2.05) is 0 Å². The molecule has 0 spiro atoms. The summed E-state index contributed by atoms with van der Waals surface area (Å²) in [6, 6.07) is 3.73. The second-order valence-electron chi connectivity index (χ2n) is 4.11. The molecule has 0 aliphatic heterocycles. The number of aromatic nitrogens is 3. The van der Waals surface area contributed by atoms with Crippen LogP contribution in [0.3, 0.4) is 0 Å². The summed E-state index contributed by atoms with van der Waals surface area (Å²) in [4.78, 5) is 11.6. The van der Waals surface area contributed by atoms with E-state index in [1.165, 1.54) is 6.07 Å². The lowest BCUT2D eigenvalue weighted by Crippen LogP contribution is -1.94. The molecule has 0 saturated carbocycles. The number of rotatable bonds is 1. The van der Waals surface area contributed by atoms with Crippen molar-refractivity contribution < 1.29 is 8.78 Å². The molecule has 6 heteroatoms. The van der Waals surface area contributed by atoms with E-state index in [0.717, 1.165) is 22.0 Å². The van der Waals surface area contributed by atoms with Gasteiger partial charge >= 0.3 is 0 Å². The number of benzene rings is 1. The second-order valence-corrected chi connectivity index (χ2v) is 4.96. The minimum absolute atomic E-state index is 0.509. The van der Waals surface area contributed by atoms with E-state index in [0.29, 0.717) is 22.7 Å². The Hall–Kier alpha value is -1.82. The number of halogens is 3. The van der Waals surface area contributed by atoms with Gasteiger partial charge in [-0.3, -0.25) is 0 Å². The Balaban J connectivity index is 2.34. The highest BCUT2D eigenvalue weighted by molar-refractivity contribution is 9.10. The molecule has 1 aromatic carbocycles. The molecular weight excluding hydrogens is 316 g/mol. The summed E-state index contributed by atoms with van der Waals surface area (Å²) in [6.07, 6.45) is 1.74. The van der Waals surface area contributed by atoms with E-state index in [-0.39, 0.29) is 0 Å². The number of hydrogen-bond acceptors (Lipinski definition) is 2. The van der Waals surface area contributed by atoms with Crippen LogP contribution < -0.4 is 0 Å². The number of aromatic amines is 1. The van der Waals surface area contributed by atoms with Gasteiger partial charge in [-0.05, 0) is 41.1 Å².